The maximum Gasteiger partial charge on any atom is 0.225 e. The van der Waals surface area contributed by atoms with Crippen LogP contribution in [0.25, 0.3) is 0 Å². The Balaban J connectivity index is 2.62. The molecule has 1 aromatic rings. The predicted molar refractivity (Wildman–Crippen MR) is 70.6 cm³/mol. The van der Waals surface area contributed by atoms with Gasteiger partial charge in [0, 0.05) is 22.1 Å². The van der Waals surface area contributed by atoms with Crippen molar-refractivity contribution in [3.05, 3.63) is 27.3 Å². The summed E-state index contributed by atoms with van der Waals surface area (Å²) in [5.41, 5.74) is 2.03. The highest BCUT2D eigenvalue weighted by Gasteiger charge is 2.02. The van der Waals surface area contributed by atoms with Crippen molar-refractivity contribution in [1.82, 2.24) is 0 Å². The molecule has 0 aromatic heterocycles. The van der Waals surface area contributed by atoms with Gasteiger partial charge < -0.3 is 5.32 Å². The Bertz CT molecular complexity index is 407. The molecule has 1 rings (SSSR count). The molecule has 0 bridgehead atoms. The molecule has 1 aromatic carbocycles. The minimum Gasteiger partial charge on any atom is -0.326 e. The van der Waals surface area contributed by atoms with E-state index in [1.54, 1.807) is 0 Å². The molecule has 0 saturated carbocycles. The van der Waals surface area contributed by atoms with E-state index in [0.29, 0.717) is 12.8 Å². The zero-order valence-electron chi connectivity index (χ0n) is 8.51. The normalized spacial score (nSPS) is 9.40. The Kier molecular flexibility index (Phi) is 4.63. The Morgan fingerprint density at radius 1 is 1.60 bits per heavy atom. The number of aryl methyl sites for hydroxylation is 1. The van der Waals surface area contributed by atoms with Gasteiger partial charge in [-0.1, -0.05) is 6.07 Å². The summed E-state index contributed by atoms with van der Waals surface area (Å²) in [4.78, 5) is 11.4. The van der Waals surface area contributed by atoms with Gasteiger partial charge in [0.2, 0.25) is 5.91 Å². The van der Waals surface area contributed by atoms with E-state index in [1.807, 2.05) is 25.1 Å². The first-order chi connectivity index (χ1) is 7.13. The van der Waals surface area contributed by atoms with Gasteiger partial charge in [-0.05, 0) is 47.2 Å². The molecule has 0 fully saturated rings. The quantitative estimate of drug-likeness (QED) is 0.675. The zero-order valence-corrected chi connectivity index (χ0v) is 10.7. The molecule has 1 N–H and O–H groups in total. The molecule has 0 aliphatic rings. The van der Waals surface area contributed by atoms with E-state index in [4.69, 9.17) is 6.42 Å². The molecule has 0 heterocycles. The van der Waals surface area contributed by atoms with Gasteiger partial charge in [-0.2, -0.15) is 0 Å². The lowest BCUT2D eigenvalue weighted by molar-refractivity contribution is -0.116. The van der Waals surface area contributed by atoms with Crippen molar-refractivity contribution in [1.29, 1.82) is 0 Å². The van der Waals surface area contributed by atoms with Gasteiger partial charge in [-0.15, -0.1) is 12.3 Å². The number of nitrogens with one attached hydrogen (secondary N) is 1. The van der Waals surface area contributed by atoms with Crippen LogP contribution in [-0.4, -0.2) is 5.91 Å². The van der Waals surface area contributed by atoms with E-state index >= 15 is 0 Å². The Hall–Kier alpha value is -1.02. The molecule has 0 aliphatic carbocycles. The summed E-state index contributed by atoms with van der Waals surface area (Å²) in [6, 6.07) is 5.83. The molecule has 0 radical (unpaired) electrons. The van der Waals surface area contributed by atoms with Crippen molar-refractivity contribution >= 4 is 34.2 Å². The summed E-state index contributed by atoms with van der Waals surface area (Å²) in [7, 11) is 0. The van der Waals surface area contributed by atoms with E-state index in [9.17, 15) is 4.79 Å². The summed E-state index contributed by atoms with van der Waals surface area (Å²) in [6.45, 7) is 2.03. The molecule has 15 heavy (non-hydrogen) atoms. The van der Waals surface area contributed by atoms with Gasteiger partial charge in [0.05, 0.1) is 0 Å². The van der Waals surface area contributed by atoms with Crippen LogP contribution in [0.5, 0.6) is 0 Å². The number of benzene rings is 1. The number of carbonyl (C=O) groups is 1. The van der Waals surface area contributed by atoms with E-state index in [2.05, 4.69) is 33.8 Å². The van der Waals surface area contributed by atoms with Crippen LogP contribution in [0.3, 0.4) is 0 Å². The second-order valence-corrected chi connectivity index (χ2v) is 4.38. The number of terminal acetylenes is 1. The number of halogens is 1. The number of hydrogen-bond donors (Lipinski definition) is 1. The SMILES string of the molecule is C#CCCC(=O)Nc1ccc(C)c(I)c1. The molecule has 0 unspecified atom stereocenters. The number of amides is 1. The highest BCUT2D eigenvalue weighted by atomic mass is 127. The van der Waals surface area contributed by atoms with Gasteiger partial charge in [-0.25, -0.2) is 0 Å². The molecule has 2 nitrogen and oxygen atoms in total. The van der Waals surface area contributed by atoms with E-state index in [1.165, 1.54) is 5.56 Å². The number of hydrogen-bond acceptors (Lipinski definition) is 1. The summed E-state index contributed by atoms with van der Waals surface area (Å²) in [5.74, 6) is 2.41. The summed E-state index contributed by atoms with van der Waals surface area (Å²) in [5, 5.41) is 2.81. The molecule has 3 heteroatoms. The minimum atomic E-state index is -0.0346. The third kappa shape index (κ3) is 3.92. The highest BCUT2D eigenvalue weighted by molar-refractivity contribution is 14.1. The topological polar surface area (TPSA) is 29.1 Å². The molecule has 0 spiro atoms. The smallest absolute Gasteiger partial charge is 0.225 e. The molecule has 0 aliphatic heterocycles. The fraction of sp³-hybridized carbons (Fsp3) is 0.250. The predicted octanol–water partition coefficient (Wildman–Crippen LogP) is 2.95. The molecule has 1 amide bonds. The molecule has 78 valence electrons. The minimum absolute atomic E-state index is 0.0346. The fourth-order valence-electron chi connectivity index (χ4n) is 1.08. The van der Waals surface area contributed by atoms with Gasteiger partial charge in [0.25, 0.3) is 0 Å². The largest absolute Gasteiger partial charge is 0.326 e. The standard InChI is InChI=1S/C12H12INO/c1-3-4-5-12(15)14-10-7-6-9(2)11(13)8-10/h1,6-8H,4-5H2,2H3,(H,14,15). The van der Waals surface area contributed by atoms with Crippen molar-refractivity contribution in [2.24, 2.45) is 0 Å². The van der Waals surface area contributed by atoms with Gasteiger partial charge in [0.1, 0.15) is 0 Å². The zero-order chi connectivity index (χ0) is 11.3. The van der Waals surface area contributed by atoms with Gasteiger partial charge in [-0.3, -0.25) is 4.79 Å². The average Bonchev–Trinajstić information content (AvgIpc) is 2.20. The van der Waals surface area contributed by atoms with Crippen LogP contribution in [0.2, 0.25) is 0 Å². The second-order valence-electron chi connectivity index (χ2n) is 3.22. The fourth-order valence-corrected chi connectivity index (χ4v) is 1.60. The van der Waals surface area contributed by atoms with E-state index < -0.39 is 0 Å². The van der Waals surface area contributed by atoms with Crippen LogP contribution < -0.4 is 5.32 Å². The van der Waals surface area contributed by atoms with Crippen LogP contribution in [0, 0.1) is 22.8 Å². The number of rotatable bonds is 3. The first kappa shape index (κ1) is 12.1. The highest BCUT2D eigenvalue weighted by Crippen LogP contribution is 2.17. The maximum atomic E-state index is 11.4. The van der Waals surface area contributed by atoms with Crippen LogP contribution in [0.15, 0.2) is 18.2 Å². The molecule has 0 saturated heterocycles. The summed E-state index contributed by atoms with van der Waals surface area (Å²) < 4.78 is 1.14. The van der Waals surface area contributed by atoms with E-state index in [-0.39, 0.29) is 5.91 Å². The first-order valence-electron chi connectivity index (χ1n) is 4.63. The molecular formula is C12H12INO. The van der Waals surface area contributed by atoms with Gasteiger partial charge in [0.15, 0.2) is 0 Å². The van der Waals surface area contributed by atoms with Crippen molar-refractivity contribution in [3.63, 3.8) is 0 Å². The van der Waals surface area contributed by atoms with Gasteiger partial charge >= 0.3 is 0 Å². The third-order valence-electron chi connectivity index (χ3n) is 1.95. The van der Waals surface area contributed by atoms with Crippen molar-refractivity contribution < 1.29 is 4.79 Å². The second kappa shape index (κ2) is 5.76. The van der Waals surface area contributed by atoms with Crippen molar-refractivity contribution in [2.45, 2.75) is 19.8 Å². The Morgan fingerprint density at radius 3 is 2.93 bits per heavy atom. The van der Waals surface area contributed by atoms with Crippen LogP contribution in [-0.2, 0) is 4.79 Å². The van der Waals surface area contributed by atoms with E-state index in [0.717, 1.165) is 9.26 Å². The Labute approximate surface area is 104 Å². The molecular weight excluding hydrogens is 301 g/mol. The summed E-state index contributed by atoms with van der Waals surface area (Å²) in [6.07, 6.45) is 5.94. The van der Waals surface area contributed by atoms with Crippen LogP contribution in [0.1, 0.15) is 18.4 Å². The first-order valence-corrected chi connectivity index (χ1v) is 5.71. The average molecular weight is 313 g/mol. The summed E-state index contributed by atoms with van der Waals surface area (Å²) >= 11 is 2.24. The maximum absolute atomic E-state index is 11.4. The lowest BCUT2D eigenvalue weighted by Gasteiger charge is -2.05. The number of carbonyl (C=O) groups excluding carboxylic acids is 1. The van der Waals surface area contributed by atoms with Crippen molar-refractivity contribution in [3.8, 4) is 12.3 Å². The van der Waals surface area contributed by atoms with Crippen LogP contribution >= 0.6 is 22.6 Å². The molecule has 0 atom stereocenters. The monoisotopic (exact) mass is 313 g/mol. The number of anilines is 1. The lowest BCUT2D eigenvalue weighted by atomic mass is 10.2. The van der Waals surface area contributed by atoms with Crippen molar-refractivity contribution in [2.75, 3.05) is 5.32 Å². The lowest BCUT2D eigenvalue weighted by Crippen LogP contribution is -2.10. The Morgan fingerprint density at radius 2 is 2.33 bits per heavy atom. The van der Waals surface area contributed by atoms with Crippen LogP contribution in [0.4, 0.5) is 5.69 Å². The third-order valence-corrected chi connectivity index (χ3v) is 3.11.